The molecule has 0 radical (unpaired) electrons. The Morgan fingerprint density at radius 2 is 1.50 bits per heavy atom. The van der Waals surface area contributed by atoms with E-state index in [4.69, 9.17) is 9.47 Å². The smallest absolute Gasteiger partial charge is 0.220 e. The van der Waals surface area contributed by atoms with Crippen LogP contribution in [-0.2, 0) is 29.3 Å². The number of hydrogen-bond donors (Lipinski definition) is 3. The van der Waals surface area contributed by atoms with Crippen LogP contribution in [0.15, 0.2) is 89.7 Å². The summed E-state index contributed by atoms with van der Waals surface area (Å²) >= 11 is 0. The Morgan fingerprint density at radius 3 is 2.17 bits per heavy atom. The quantitative estimate of drug-likeness (QED) is 0.391. The number of likely N-dealkylation sites (tertiary alicyclic amines) is 2. The van der Waals surface area contributed by atoms with Gasteiger partial charge in [0.25, 0.3) is 0 Å². The topological polar surface area (TPSA) is 155 Å². The van der Waals surface area contributed by atoms with Gasteiger partial charge in [0.15, 0.2) is 40.3 Å². The SMILES string of the molecule is C.COC1=CC2[C@@H]3C=C4C=CC(=O)C(O)=C4[C@]2(CCN3C)CC1=O.COC1=CC2[C@@H]3[C@H](n4ccnc4)c4ccc(O)c(O)c4[C@]2(CCN3C)CC1=O. The van der Waals surface area contributed by atoms with Crippen LogP contribution in [0.2, 0.25) is 0 Å². The van der Waals surface area contributed by atoms with Crippen LogP contribution in [0.4, 0.5) is 0 Å². The number of nitrogens with zero attached hydrogens (tertiary/aromatic N) is 4. The molecule has 0 saturated carbocycles. The van der Waals surface area contributed by atoms with E-state index in [2.05, 4.69) is 35.0 Å². The van der Waals surface area contributed by atoms with Crippen molar-refractivity contribution in [3.8, 4) is 11.5 Å². The lowest BCUT2D eigenvalue weighted by Crippen LogP contribution is -2.62. The van der Waals surface area contributed by atoms with Crippen molar-refractivity contribution < 1.29 is 39.2 Å². The number of allylic oxidation sites excluding steroid dienone is 6. The molecule has 4 bridgehead atoms. The summed E-state index contributed by atoms with van der Waals surface area (Å²) in [5.74, 6) is -0.201. The van der Waals surface area contributed by atoms with Gasteiger partial charge in [-0.1, -0.05) is 25.6 Å². The summed E-state index contributed by atoms with van der Waals surface area (Å²) in [6.07, 6.45) is 16.5. The number of phenols is 2. The van der Waals surface area contributed by atoms with Crippen molar-refractivity contribution in [1.82, 2.24) is 19.4 Å². The summed E-state index contributed by atoms with van der Waals surface area (Å²) in [4.78, 5) is 46.1. The number of likely N-dealkylation sites (N-methyl/N-ethyl adjacent to an activating group) is 2. The second-order valence-corrected chi connectivity index (χ2v) is 14.9. The van der Waals surface area contributed by atoms with Crippen molar-refractivity contribution in [2.24, 2.45) is 17.3 Å². The first kappa shape index (κ1) is 35.5. The molecule has 2 saturated heterocycles. The molecule has 0 spiro atoms. The number of fused-ring (bicyclic) bond motifs is 2. The molecular formula is C40H46N4O8. The summed E-state index contributed by atoms with van der Waals surface area (Å²) in [6.45, 7) is 1.62. The fourth-order valence-electron chi connectivity index (χ4n) is 10.3. The second-order valence-electron chi connectivity index (χ2n) is 14.9. The van der Waals surface area contributed by atoms with Gasteiger partial charge in [-0.2, -0.15) is 0 Å². The minimum Gasteiger partial charge on any atom is -0.504 e. The van der Waals surface area contributed by atoms with Gasteiger partial charge in [0.05, 0.1) is 26.6 Å². The van der Waals surface area contributed by atoms with Crippen LogP contribution in [0.25, 0.3) is 0 Å². The van der Waals surface area contributed by atoms with Crippen LogP contribution in [0, 0.1) is 17.3 Å². The number of aliphatic hydroxyl groups excluding tert-OH is 1. The summed E-state index contributed by atoms with van der Waals surface area (Å²) in [5.41, 5.74) is 2.09. The van der Waals surface area contributed by atoms with Crippen LogP contribution < -0.4 is 0 Å². The Labute approximate surface area is 303 Å². The van der Waals surface area contributed by atoms with Gasteiger partial charge in [-0.05, 0) is 75.5 Å². The number of ether oxygens (including phenoxy) is 2. The fourth-order valence-corrected chi connectivity index (χ4v) is 10.3. The first-order valence-corrected chi connectivity index (χ1v) is 17.4. The van der Waals surface area contributed by atoms with Crippen molar-refractivity contribution >= 4 is 17.3 Å². The van der Waals surface area contributed by atoms with Crippen molar-refractivity contribution in [3.05, 3.63) is 101 Å². The first-order chi connectivity index (χ1) is 24.5. The lowest BCUT2D eigenvalue weighted by Gasteiger charge is -2.59. The van der Waals surface area contributed by atoms with Gasteiger partial charge in [0.2, 0.25) is 5.78 Å². The molecule has 1 aromatic heterocycles. The molecule has 2 aromatic rings. The van der Waals surface area contributed by atoms with E-state index in [1.54, 1.807) is 18.6 Å². The third-order valence-corrected chi connectivity index (χ3v) is 12.7. The Kier molecular flexibility index (Phi) is 8.61. The molecule has 5 aliphatic carbocycles. The number of methoxy groups -OCH3 is 2. The van der Waals surface area contributed by atoms with Crippen LogP contribution in [0.1, 0.15) is 50.3 Å². The van der Waals surface area contributed by atoms with Gasteiger partial charge in [-0.15, -0.1) is 0 Å². The molecular weight excluding hydrogens is 664 g/mol. The molecule has 2 fully saturated rings. The Bertz CT molecular complexity index is 2010. The molecule has 12 nitrogen and oxygen atoms in total. The van der Waals surface area contributed by atoms with E-state index in [0.717, 1.165) is 37.1 Å². The van der Waals surface area contributed by atoms with E-state index in [-0.39, 0.29) is 84.8 Å². The maximum absolute atomic E-state index is 12.8. The number of carbonyl (C=O) groups is 3. The van der Waals surface area contributed by atoms with Crippen molar-refractivity contribution in [2.75, 3.05) is 41.4 Å². The number of hydrogen-bond acceptors (Lipinski definition) is 11. The molecule has 0 amide bonds. The minimum atomic E-state index is -0.550. The number of piperidine rings is 2. The lowest BCUT2D eigenvalue weighted by molar-refractivity contribution is -0.124. The molecule has 7 atom stereocenters. The van der Waals surface area contributed by atoms with E-state index in [0.29, 0.717) is 22.7 Å². The molecule has 2 unspecified atom stereocenters. The molecule has 7 aliphatic rings. The number of benzene rings is 1. The zero-order valence-electron chi connectivity index (χ0n) is 29.1. The zero-order chi connectivity index (χ0) is 36.0. The van der Waals surface area contributed by atoms with Crippen LogP contribution in [-0.4, -0.2) is 106 Å². The average molecular weight is 711 g/mol. The van der Waals surface area contributed by atoms with E-state index in [1.807, 2.05) is 29.0 Å². The van der Waals surface area contributed by atoms with Crippen molar-refractivity contribution in [3.63, 3.8) is 0 Å². The van der Waals surface area contributed by atoms with Crippen LogP contribution in [0.3, 0.4) is 0 Å². The average Bonchev–Trinajstić information content (AvgIpc) is 3.65. The number of imidazole rings is 1. The van der Waals surface area contributed by atoms with E-state index >= 15 is 0 Å². The van der Waals surface area contributed by atoms with Crippen LogP contribution >= 0.6 is 0 Å². The normalized spacial score (nSPS) is 33.1. The second kappa shape index (κ2) is 12.6. The fraction of sp³-hybridized carbons (Fsp3) is 0.450. The maximum Gasteiger partial charge on any atom is 0.220 e. The standard InChI is InChI=1S/C21H23N3O4.C18H19NO4.CH4/c1-23-7-5-21-10-15(26)16(28-2)9-13(21)19(23)18(24-8-6-22-11-24)12-3-4-14(25)20(27)17(12)21;1-19-6-5-18-9-14(21)15(23-2)8-11(18)12(19)7-10-3-4-13(20)17(22)16(10)18;/h3-4,6,8-9,11,13,18-19,25,27H,5,7,10H2,1-2H3;3-4,7-8,11-12,22H,5-6,9H2,1-2H3;1H4/t13?,18-,19-,21-;11?,12-,18+;/m10./s1. The number of carbonyl (C=O) groups excluding carboxylic acids is 3. The number of aromatic hydroxyl groups is 2. The molecule has 2 aliphatic heterocycles. The van der Waals surface area contributed by atoms with Gasteiger partial charge in [0.1, 0.15) is 0 Å². The third kappa shape index (κ3) is 4.87. The van der Waals surface area contributed by atoms with Crippen LogP contribution in [0.5, 0.6) is 11.5 Å². The summed E-state index contributed by atoms with van der Waals surface area (Å²) in [7, 11) is 7.19. The molecule has 3 heterocycles. The Hall–Kier alpha value is -4.94. The number of aromatic nitrogens is 2. The Morgan fingerprint density at radius 1 is 0.846 bits per heavy atom. The third-order valence-electron chi connectivity index (χ3n) is 12.7. The van der Waals surface area contributed by atoms with E-state index in [9.17, 15) is 29.7 Å². The first-order valence-electron chi connectivity index (χ1n) is 17.4. The molecule has 52 heavy (non-hydrogen) atoms. The number of aliphatic hydroxyl groups is 1. The maximum atomic E-state index is 12.8. The van der Waals surface area contributed by atoms with Gasteiger partial charge in [-0.3, -0.25) is 19.3 Å². The number of rotatable bonds is 3. The largest absolute Gasteiger partial charge is 0.504 e. The number of ketones is 3. The molecule has 1 aromatic carbocycles. The molecule has 3 N–H and O–H groups in total. The highest BCUT2D eigenvalue weighted by molar-refractivity contribution is 6.06. The summed E-state index contributed by atoms with van der Waals surface area (Å²) in [5, 5.41) is 31.7. The van der Waals surface area contributed by atoms with Crippen molar-refractivity contribution in [2.45, 2.75) is 56.7 Å². The minimum absolute atomic E-state index is 0. The lowest BCUT2D eigenvalue weighted by atomic mass is 9.52. The van der Waals surface area contributed by atoms with E-state index in [1.165, 1.54) is 26.4 Å². The highest BCUT2D eigenvalue weighted by Crippen LogP contribution is 2.61. The highest BCUT2D eigenvalue weighted by Gasteiger charge is 2.60. The van der Waals surface area contributed by atoms with Gasteiger partial charge in [0, 0.05) is 71.1 Å². The predicted molar refractivity (Wildman–Crippen MR) is 191 cm³/mol. The van der Waals surface area contributed by atoms with E-state index < -0.39 is 10.8 Å². The van der Waals surface area contributed by atoms with Gasteiger partial charge < -0.3 is 34.3 Å². The molecule has 12 heteroatoms. The predicted octanol–water partition coefficient (Wildman–Crippen LogP) is 4.28. The van der Waals surface area contributed by atoms with Gasteiger partial charge in [-0.25, -0.2) is 4.98 Å². The molecule has 274 valence electrons. The highest BCUT2D eigenvalue weighted by atomic mass is 16.5. The monoisotopic (exact) mass is 710 g/mol. The zero-order valence-corrected chi connectivity index (χ0v) is 29.1. The van der Waals surface area contributed by atoms with Crippen molar-refractivity contribution in [1.29, 1.82) is 0 Å². The Balaban J connectivity index is 0.000000162. The molecule has 9 rings (SSSR count). The summed E-state index contributed by atoms with van der Waals surface area (Å²) in [6, 6.07) is 3.50. The number of phenolic OH excluding ortho intramolecular Hbond substituents is 2. The van der Waals surface area contributed by atoms with Gasteiger partial charge >= 0.3 is 0 Å². The summed E-state index contributed by atoms with van der Waals surface area (Å²) < 4.78 is 12.7. The number of Topliss-reactive ketones (excluding diaryl/α,β-unsaturated/α-hetero) is 2.